The van der Waals surface area contributed by atoms with E-state index in [9.17, 15) is 15.0 Å². The van der Waals surface area contributed by atoms with Gasteiger partial charge in [-0.1, -0.05) is 29.9 Å². The highest BCUT2D eigenvalue weighted by molar-refractivity contribution is 5.87. The van der Waals surface area contributed by atoms with E-state index in [1.54, 1.807) is 6.92 Å². The summed E-state index contributed by atoms with van der Waals surface area (Å²) < 4.78 is 6.15. The first-order valence-corrected chi connectivity index (χ1v) is 11.5. The number of amides is 1. The van der Waals surface area contributed by atoms with Gasteiger partial charge < -0.3 is 20.3 Å². The number of carbonyl (C=O) groups is 1. The van der Waals surface area contributed by atoms with E-state index >= 15 is 0 Å². The summed E-state index contributed by atoms with van der Waals surface area (Å²) in [5.74, 6) is 0.862. The highest BCUT2D eigenvalue weighted by atomic mass is 16.5. The van der Waals surface area contributed by atoms with Gasteiger partial charge in [-0.05, 0) is 84.5 Å². The van der Waals surface area contributed by atoms with Gasteiger partial charge in [0.1, 0.15) is 0 Å². The predicted molar refractivity (Wildman–Crippen MR) is 121 cm³/mol. The van der Waals surface area contributed by atoms with E-state index in [1.807, 2.05) is 0 Å². The molecular formula is C25H41NO4. The summed E-state index contributed by atoms with van der Waals surface area (Å²) in [6.45, 7) is 8.19. The maximum absolute atomic E-state index is 11.8. The number of rotatable bonds is 8. The predicted octanol–water partition coefficient (Wildman–Crippen LogP) is 4.06. The second kappa shape index (κ2) is 11.8. The highest BCUT2D eigenvalue weighted by Crippen LogP contribution is 2.33. The third-order valence-electron chi connectivity index (χ3n) is 6.14. The number of allylic oxidation sites excluding steroid dienone is 3. The molecule has 30 heavy (non-hydrogen) atoms. The van der Waals surface area contributed by atoms with E-state index < -0.39 is 6.10 Å². The number of hydrogen-bond donors (Lipinski definition) is 3. The second-order valence-corrected chi connectivity index (χ2v) is 9.77. The van der Waals surface area contributed by atoms with Crippen LogP contribution in [0.2, 0.25) is 0 Å². The first-order valence-electron chi connectivity index (χ1n) is 11.5. The number of aliphatic hydroxyl groups is 2. The molecule has 1 unspecified atom stereocenters. The van der Waals surface area contributed by atoms with Crippen molar-refractivity contribution in [1.29, 1.82) is 0 Å². The molecule has 0 aromatic carbocycles. The molecule has 1 amide bonds. The Morgan fingerprint density at radius 3 is 2.53 bits per heavy atom. The molecule has 2 fully saturated rings. The summed E-state index contributed by atoms with van der Waals surface area (Å²) in [6.07, 6.45) is 16.1. The molecule has 2 rings (SSSR count). The van der Waals surface area contributed by atoms with E-state index in [0.29, 0.717) is 11.8 Å². The molecule has 1 saturated heterocycles. The van der Waals surface area contributed by atoms with Crippen LogP contribution in [0.15, 0.2) is 36.0 Å². The first kappa shape index (κ1) is 24.8. The van der Waals surface area contributed by atoms with E-state index in [1.165, 1.54) is 17.7 Å². The third kappa shape index (κ3) is 9.15. The standard InChI is InChI=1S/C25H41NO4/c1-18(6-13-23-15-21(17-27)16-25(3,4)30-23)5-8-20-9-11-22(12-10-20)26-24(29)14-7-19(2)28/h5-7,13-14,19-23,27-28H,8-12,15-17H2,1-4H3,(H,26,29)/b13-6+,14-7-,18-5+/t19-,20?,21?,22?,23+/m0/s1. The zero-order valence-corrected chi connectivity index (χ0v) is 19.1. The van der Waals surface area contributed by atoms with Crippen LogP contribution in [-0.4, -0.2) is 46.6 Å². The van der Waals surface area contributed by atoms with Crippen LogP contribution < -0.4 is 5.32 Å². The first-order chi connectivity index (χ1) is 14.2. The Morgan fingerprint density at radius 1 is 1.20 bits per heavy atom. The smallest absolute Gasteiger partial charge is 0.243 e. The van der Waals surface area contributed by atoms with E-state index in [2.05, 4.69) is 44.3 Å². The minimum atomic E-state index is -0.595. The summed E-state index contributed by atoms with van der Waals surface area (Å²) in [5, 5.41) is 21.8. The van der Waals surface area contributed by atoms with Crippen molar-refractivity contribution in [1.82, 2.24) is 5.32 Å². The van der Waals surface area contributed by atoms with E-state index in [-0.39, 0.29) is 30.3 Å². The Balaban J connectivity index is 1.73. The number of nitrogens with one attached hydrogen (secondary N) is 1. The molecule has 3 N–H and O–H groups in total. The number of aliphatic hydroxyl groups excluding tert-OH is 2. The van der Waals surface area contributed by atoms with Crippen molar-refractivity contribution in [2.45, 2.75) is 96.5 Å². The zero-order valence-electron chi connectivity index (χ0n) is 19.1. The van der Waals surface area contributed by atoms with Crippen LogP contribution >= 0.6 is 0 Å². The zero-order chi connectivity index (χ0) is 22.1. The van der Waals surface area contributed by atoms with Gasteiger partial charge in [0.15, 0.2) is 0 Å². The van der Waals surface area contributed by atoms with Crippen molar-refractivity contribution < 1.29 is 19.7 Å². The van der Waals surface area contributed by atoms with Gasteiger partial charge in [-0.3, -0.25) is 4.79 Å². The lowest BCUT2D eigenvalue weighted by atomic mass is 9.83. The fraction of sp³-hybridized carbons (Fsp3) is 0.720. The van der Waals surface area contributed by atoms with Crippen molar-refractivity contribution in [2.75, 3.05) is 6.61 Å². The number of hydrogen-bond acceptors (Lipinski definition) is 4. The molecule has 0 radical (unpaired) electrons. The summed E-state index contributed by atoms with van der Waals surface area (Å²) in [5.41, 5.74) is 1.07. The lowest BCUT2D eigenvalue weighted by Crippen LogP contribution is -2.39. The second-order valence-electron chi connectivity index (χ2n) is 9.77. The molecule has 1 aliphatic carbocycles. The van der Waals surface area contributed by atoms with E-state index in [0.717, 1.165) is 44.9 Å². The minimum absolute atomic E-state index is 0.0659. The highest BCUT2D eigenvalue weighted by Gasteiger charge is 2.33. The topological polar surface area (TPSA) is 78.8 Å². The van der Waals surface area contributed by atoms with Crippen LogP contribution in [0.4, 0.5) is 0 Å². The average Bonchev–Trinajstić information content (AvgIpc) is 2.69. The van der Waals surface area contributed by atoms with Crippen LogP contribution in [-0.2, 0) is 9.53 Å². The molecule has 5 nitrogen and oxygen atoms in total. The lowest BCUT2D eigenvalue weighted by Gasteiger charge is -2.39. The van der Waals surface area contributed by atoms with Gasteiger partial charge in [-0.2, -0.15) is 0 Å². The fourth-order valence-electron chi connectivity index (χ4n) is 4.57. The van der Waals surface area contributed by atoms with Crippen molar-refractivity contribution in [2.24, 2.45) is 11.8 Å². The maximum atomic E-state index is 11.8. The summed E-state index contributed by atoms with van der Waals surface area (Å²) in [6, 6.07) is 0.239. The Bertz CT molecular complexity index is 627. The molecule has 5 heteroatoms. The fourth-order valence-corrected chi connectivity index (χ4v) is 4.57. The van der Waals surface area contributed by atoms with Crippen molar-refractivity contribution in [3.8, 4) is 0 Å². The monoisotopic (exact) mass is 419 g/mol. The SMILES string of the molecule is CC(/C=C/[C@@H]1CC(CO)CC(C)(C)O1)=C\CC1CCC(NC(=O)/C=C\[C@H](C)O)CC1. The van der Waals surface area contributed by atoms with Gasteiger partial charge in [-0.25, -0.2) is 0 Å². The number of carbonyl (C=O) groups excluding carboxylic acids is 1. The normalized spacial score (nSPS) is 31.2. The Labute approximate surface area is 182 Å². The Kier molecular flexibility index (Phi) is 9.79. The van der Waals surface area contributed by atoms with Crippen LogP contribution in [0.3, 0.4) is 0 Å². The van der Waals surface area contributed by atoms with Gasteiger partial charge in [0.2, 0.25) is 5.91 Å². The van der Waals surface area contributed by atoms with Gasteiger partial charge in [0.25, 0.3) is 0 Å². The minimum Gasteiger partial charge on any atom is -0.396 e. The van der Waals surface area contributed by atoms with Crippen LogP contribution in [0.25, 0.3) is 0 Å². The van der Waals surface area contributed by atoms with Crippen molar-refractivity contribution in [3.63, 3.8) is 0 Å². The molecule has 0 aromatic heterocycles. The average molecular weight is 420 g/mol. The molecular weight excluding hydrogens is 378 g/mol. The molecule has 1 aliphatic heterocycles. The molecule has 1 heterocycles. The molecule has 2 aliphatic rings. The molecule has 0 bridgehead atoms. The summed E-state index contributed by atoms with van der Waals surface area (Å²) in [7, 11) is 0. The summed E-state index contributed by atoms with van der Waals surface area (Å²) >= 11 is 0. The van der Waals surface area contributed by atoms with E-state index in [4.69, 9.17) is 4.74 Å². The molecule has 0 aromatic rings. The van der Waals surface area contributed by atoms with Crippen LogP contribution in [0.1, 0.15) is 72.6 Å². The van der Waals surface area contributed by atoms with Crippen LogP contribution in [0, 0.1) is 11.8 Å². The third-order valence-corrected chi connectivity index (χ3v) is 6.14. The van der Waals surface area contributed by atoms with Gasteiger partial charge in [0, 0.05) is 18.7 Å². The van der Waals surface area contributed by atoms with Gasteiger partial charge in [-0.15, -0.1) is 0 Å². The number of ether oxygens (including phenoxy) is 1. The Hall–Kier alpha value is -1.43. The quantitative estimate of drug-likeness (QED) is 0.410. The van der Waals surface area contributed by atoms with Crippen LogP contribution in [0.5, 0.6) is 0 Å². The molecule has 170 valence electrons. The van der Waals surface area contributed by atoms with Crippen molar-refractivity contribution >= 4 is 5.91 Å². The molecule has 0 spiro atoms. The summed E-state index contributed by atoms with van der Waals surface area (Å²) in [4.78, 5) is 11.8. The largest absolute Gasteiger partial charge is 0.396 e. The maximum Gasteiger partial charge on any atom is 0.243 e. The van der Waals surface area contributed by atoms with Crippen molar-refractivity contribution in [3.05, 3.63) is 36.0 Å². The lowest BCUT2D eigenvalue weighted by molar-refractivity contribution is -0.117. The molecule has 3 atom stereocenters. The molecule has 1 saturated carbocycles. The van der Waals surface area contributed by atoms with Gasteiger partial charge >= 0.3 is 0 Å². The Morgan fingerprint density at radius 2 is 1.90 bits per heavy atom. The van der Waals surface area contributed by atoms with Gasteiger partial charge in [0.05, 0.1) is 17.8 Å².